The van der Waals surface area contributed by atoms with Crippen LogP contribution in [-0.2, 0) is 4.79 Å². The first kappa shape index (κ1) is 9.04. The normalized spacial score (nSPS) is 39.5. The van der Waals surface area contributed by atoms with Crippen molar-refractivity contribution in [2.75, 3.05) is 0 Å². The molecule has 0 aliphatic heterocycles. The minimum atomic E-state index is -0.0657. The second kappa shape index (κ2) is 3.69. The Balaban J connectivity index is 1.95. The Kier molecular flexibility index (Phi) is 2.56. The number of hydrogen-bond donors (Lipinski definition) is 1. The zero-order valence-corrected chi connectivity index (χ0v) is 8.17. The summed E-state index contributed by atoms with van der Waals surface area (Å²) in [5, 5.41) is 0. The van der Waals surface area contributed by atoms with Crippen molar-refractivity contribution in [2.45, 2.75) is 44.9 Å². The van der Waals surface area contributed by atoms with Gasteiger partial charge in [-0.2, -0.15) is 0 Å². The summed E-state index contributed by atoms with van der Waals surface area (Å²) in [5.41, 5.74) is 5.35. The molecule has 0 bridgehead atoms. The SMILES string of the molecule is NC(=O)[C@H]1CC[C@H]2CCCC[C@@H]2C1. The zero-order valence-electron chi connectivity index (χ0n) is 8.17. The van der Waals surface area contributed by atoms with Gasteiger partial charge in [0.2, 0.25) is 5.91 Å². The van der Waals surface area contributed by atoms with E-state index in [0.29, 0.717) is 0 Å². The predicted molar refractivity (Wildman–Crippen MR) is 52.0 cm³/mol. The van der Waals surface area contributed by atoms with Crippen molar-refractivity contribution in [3.63, 3.8) is 0 Å². The number of carbonyl (C=O) groups is 1. The van der Waals surface area contributed by atoms with Gasteiger partial charge in [-0.15, -0.1) is 0 Å². The topological polar surface area (TPSA) is 43.1 Å². The number of primary amides is 1. The molecule has 2 aliphatic carbocycles. The molecule has 0 aromatic heterocycles. The Labute approximate surface area is 79.9 Å². The molecule has 13 heavy (non-hydrogen) atoms. The Morgan fingerprint density at radius 2 is 1.69 bits per heavy atom. The van der Waals surface area contributed by atoms with Crippen LogP contribution in [0.25, 0.3) is 0 Å². The largest absolute Gasteiger partial charge is 0.369 e. The van der Waals surface area contributed by atoms with Crippen LogP contribution in [0.1, 0.15) is 44.9 Å². The standard InChI is InChI=1S/C11H19NO/c12-11(13)10-6-5-8-3-1-2-4-9(8)7-10/h8-10H,1-7H2,(H2,12,13)/t8-,9-,10+/m1/s1. The summed E-state index contributed by atoms with van der Waals surface area (Å²) in [6.07, 6.45) is 8.90. The highest BCUT2D eigenvalue weighted by atomic mass is 16.1. The molecule has 0 saturated heterocycles. The van der Waals surface area contributed by atoms with Gasteiger partial charge in [0.05, 0.1) is 0 Å². The third-order valence-corrected chi connectivity index (χ3v) is 3.94. The second-order valence-electron chi connectivity index (χ2n) is 4.72. The summed E-state index contributed by atoms with van der Waals surface area (Å²) in [6.45, 7) is 0. The van der Waals surface area contributed by atoms with E-state index in [1.807, 2.05) is 0 Å². The van der Waals surface area contributed by atoms with Crippen LogP contribution in [0.4, 0.5) is 0 Å². The molecular formula is C11H19NO. The van der Waals surface area contributed by atoms with E-state index in [0.717, 1.165) is 24.7 Å². The molecule has 0 heterocycles. The quantitative estimate of drug-likeness (QED) is 0.661. The highest BCUT2D eigenvalue weighted by Crippen LogP contribution is 2.42. The average molecular weight is 181 g/mol. The molecule has 1 amide bonds. The highest BCUT2D eigenvalue weighted by molar-refractivity contribution is 5.76. The molecule has 2 N–H and O–H groups in total. The van der Waals surface area contributed by atoms with Gasteiger partial charge in [-0.1, -0.05) is 25.7 Å². The van der Waals surface area contributed by atoms with Gasteiger partial charge in [-0.3, -0.25) is 4.79 Å². The van der Waals surface area contributed by atoms with E-state index in [1.165, 1.54) is 32.1 Å². The van der Waals surface area contributed by atoms with Gasteiger partial charge in [-0.25, -0.2) is 0 Å². The number of hydrogen-bond acceptors (Lipinski definition) is 1. The van der Waals surface area contributed by atoms with Gasteiger partial charge in [-0.05, 0) is 31.1 Å². The van der Waals surface area contributed by atoms with E-state index in [2.05, 4.69) is 0 Å². The fourth-order valence-corrected chi connectivity index (χ4v) is 3.13. The lowest BCUT2D eigenvalue weighted by molar-refractivity contribution is -0.123. The molecule has 74 valence electrons. The lowest BCUT2D eigenvalue weighted by Crippen LogP contribution is -2.34. The van der Waals surface area contributed by atoms with E-state index in [9.17, 15) is 4.79 Å². The molecule has 2 heteroatoms. The molecule has 0 unspecified atom stereocenters. The van der Waals surface area contributed by atoms with Crippen LogP contribution in [0.15, 0.2) is 0 Å². The molecule has 2 rings (SSSR count). The lowest BCUT2D eigenvalue weighted by atomic mass is 9.67. The molecular weight excluding hydrogens is 162 g/mol. The third kappa shape index (κ3) is 1.87. The van der Waals surface area contributed by atoms with Crippen molar-refractivity contribution >= 4 is 5.91 Å². The van der Waals surface area contributed by atoms with Crippen molar-refractivity contribution in [1.29, 1.82) is 0 Å². The number of carbonyl (C=O) groups excluding carboxylic acids is 1. The van der Waals surface area contributed by atoms with E-state index in [4.69, 9.17) is 5.73 Å². The predicted octanol–water partition coefficient (Wildman–Crippen LogP) is 2.08. The van der Waals surface area contributed by atoms with Gasteiger partial charge < -0.3 is 5.73 Å². The Hall–Kier alpha value is -0.530. The summed E-state index contributed by atoms with van der Waals surface area (Å²) in [6, 6.07) is 0. The Bertz CT molecular complexity index is 202. The van der Waals surface area contributed by atoms with Gasteiger partial charge in [0.25, 0.3) is 0 Å². The van der Waals surface area contributed by atoms with Crippen LogP contribution in [0, 0.1) is 17.8 Å². The van der Waals surface area contributed by atoms with Crippen LogP contribution < -0.4 is 5.73 Å². The Morgan fingerprint density at radius 3 is 2.38 bits per heavy atom. The van der Waals surface area contributed by atoms with Crippen molar-refractivity contribution in [1.82, 2.24) is 0 Å². The number of fused-ring (bicyclic) bond motifs is 1. The summed E-state index contributed by atoms with van der Waals surface area (Å²) in [7, 11) is 0. The number of rotatable bonds is 1. The number of nitrogens with two attached hydrogens (primary N) is 1. The summed E-state index contributed by atoms with van der Waals surface area (Å²) in [4.78, 5) is 11.1. The van der Waals surface area contributed by atoms with E-state index >= 15 is 0 Å². The lowest BCUT2D eigenvalue weighted by Gasteiger charge is -2.38. The molecule has 0 aromatic rings. The summed E-state index contributed by atoms with van der Waals surface area (Å²) >= 11 is 0. The second-order valence-corrected chi connectivity index (χ2v) is 4.72. The van der Waals surface area contributed by atoms with Crippen LogP contribution in [-0.4, -0.2) is 5.91 Å². The van der Waals surface area contributed by atoms with E-state index in [-0.39, 0.29) is 11.8 Å². The van der Waals surface area contributed by atoms with Gasteiger partial charge in [0, 0.05) is 5.92 Å². The zero-order chi connectivity index (χ0) is 9.26. The minimum absolute atomic E-state index is 0.0657. The molecule has 2 nitrogen and oxygen atoms in total. The third-order valence-electron chi connectivity index (χ3n) is 3.94. The van der Waals surface area contributed by atoms with Gasteiger partial charge in [0.1, 0.15) is 0 Å². The van der Waals surface area contributed by atoms with Crippen molar-refractivity contribution in [3.05, 3.63) is 0 Å². The summed E-state index contributed by atoms with van der Waals surface area (Å²) in [5.74, 6) is 1.87. The van der Waals surface area contributed by atoms with Crippen LogP contribution in [0.5, 0.6) is 0 Å². The first-order valence-corrected chi connectivity index (χ1v) is 5.56. The molecule has 2 fully saturated rings. The summed E-state index contributed by atoms with van der Waals surface area (Å²) < 4.78 is 0. The van der Waals surface area contributed by atoms with E-state index in [1.54, 1.807) is 0 Å². The van der Waals surface area contributed by atoms with Crippen molar-refractivity contribution in [3.8, 4) is 0 Å². The average Bonchev–Trinajstić information content (AvgIpc) is 2.17. The molecule has 2 saturated carbocycles. The first-order valence-electron chi connectivity index (χ1n) is 5.56. The number of amides is 1. The van der Waals surface area contributed by atoms with Gasteiger partial charge in [0.15, 0.2) is 0 Å². The van der Waals surface area contributed by atoms with Gasteiger partial charge >= 0.3 is 0 Å². The first-order chi connectivity index (χ1) is 6.27. The Morgan fingerprint density at radius 1 is 1.00 bits per heavy atom. The smallest absolute Gasteiger partial charge is 0.220 e. The fraction of sp³-hybridized carbons (Fsp3) is 0.909. The van der Waals surface area contributed by atoms with Crippen molar-refractivity contribution in [2.24, 2.45) is 23.5 Å². The van der Waals surface area contributed by atoms with Crippen LogP contribution in [0.2, 0.25) is 0 Å². The molecule has 0 spiro atoms. The maximum atomic E-state index is 11.1. The molecule has 2 aliphatic rings. The molecule has 0 aromatic carbocycles. The van der Waals surface area contributed by atoms with Crippen molar-refractivity contribution < 1.29 is 4.79 Å². The molecule has 0 radical (unpaired) electrons. The van der Waals surface area contributed by atoms with Crippen LogP contribution >= 0.6 is 0 Å². The fourth-order valence-electron chi connectivity index (χ4n) is 3.13. The molecule has 3 atom stereocenters. The maximum Gasteiger partial charge on any atom is 0.220 e. The maximum absolute atomic E-state index is 11.1. The van der Waals surface area contributed by atoms with Crippen LogP contribution in [0.3, 0.4) is 0 Å². The minimum Gasteiger partial charge on any atom is -0.369 e. The van der Waals surface area contributed by atoms with E-state index < -0.39 is 0 Å². The highest BCUT2D eigenvalue weighted by Gasteiger charge is 2.33. The monoisotopic (exact) mass is 181 g/mol.